The molecule has 0 atom stereocenters. The predicted molar refractivity (Wildman–Crippen MR) is 35.9 cm³/mol. The molecule has 9 heavy (non-hydrogen) atoms. The van der Waals surface area contributed by atoms with Crippen LogP contribution >= 0.6 is 0 Å². The lowest BCUT2D eigenvalue weighted by molar-refractivity contribution is 0.140. The standard InChI is InChI=1S/C7H11NO/c1-8(2)7-5-3-4-6-9-7/h3H,4,6H2,1-2H3. The zero-order chi connectivity index (χ0) is 6.69. The van der Waals surface area contributed by atoms with Crippen LogP contribution < -0.4 is 0 Å². The molecule has 1 heterocycles. The second kappa shape index (κ2) is 2.60. The average Bonchev–Trinajstić information content (AvgIpc) is 1.90. The van der Waals surface area contributed by atoms with Crippen molar-refractivity contribution in [3.63, 3.8) is 0 Å². The summed E-state index contributed by atoms with van der Waals surface area (Å²) in [5.41, 5.74) is 3.01. The Morgan fingerprint density at radius 3 is 2.78 bits per heavy atom. The summed E-state index contributed by atoms with van der Waals surface area (Å²) in [5.74, 6) is 0.834. The molecule has 0 saturated carbocycles. The minimum Gasteiger partial charge on any atom is -0.473 e. The van der Waals surface area contributed by atoms with E-state index in [1.165, 1.54) is 0 Å². The van der Waals surface area contributed by atoms with E-state index in [0.29, 0.717) is 0 Å². The van der Waals surface area contributed by atoms with Gasteiger partial charge in [0.15, 0.2) is 0 Å². The quantitative estimate of drug-likeness (QED) is 0.484. The van der Waals surface area contributed by atoms with E-state index in [4.69, 9.17) is 4.74 Å². The second-order valence-electron chi connectivity index (χ2n) is 2.19. The zero-order valence-corrected chi connectivity index (χ0v) is 5.85. The fourth-order valence-electron chi connectivity index (χ4n) is 0.674. The van der Waals surface area contributed by atoms with Crippen molar-refractivity contribution in [1.29, 1.82) is 0 Å². The number of hydrogen-bond donors (Lipinski definition) is 0. The normalized spacial score (nSPS) is 16.4. The van der Waals surface area contributed by atoms with Gasteiger partial charge >= 0.3 is 0 Å². The summed E-state index contributed by atoms with van der Waals surface area (Å²) in [4.78, 5) is 1.91. The van der Waals surface area contributed by atoms with Crippen molar-refractivity contribution in [3.05, 3.63) is 17.7 Å². The topological polar surface area (TPSA) is 12.5 Å². The maximum absolute atomic E-state index is 5.24. The molecule has 0 fully saturated rings. The van der Waals surface area contributed by atoms with E-state index in [-0.39, 0.29) is 0 Å². The van der Waals surface area contributed by atoms with Crippen molar-refractivity contribution in [2.45, 2.75) is 6.42 Å². The molecule has 2 nitrogen and oxygen atoms in total. The van der Waals surface area contributed by atoms with Crippen LogP contribution in [0.4, 0.5) is 0 Å². The van der Waals surface area contributed by atoms with Crippen LogP contribution in [0.2, 0.25) is 0 Å². The smallest absolute Gasteiger partial charge is 0.235 e. The van der Waals surface area contributed by atoms with E-state index in [1.54, 1.807) is 0 Å². The number of rotatable bonds is 1. The minimum atomic E-state index is 0.792. The summed E-state index contributed by atoms with van der Waals surface area (Å²) >= 11 is 0. The van der Waals surface area contributed by atoms with Crippen LogP contribution in [0.1, 0.15) is 6.42 Å². The van der Waals surface area contributed by atoms with Crippen molar-refractivity contribution in [3.8, 4) is 0 Å². The average molecular weight is 125 g/mol. The van der Waals surface area contributed by atoms with Gasteiger partial charge in [-0.15, -0.1) is 0 Å². The van der Waals surface area contributed by atoms with E-state index in [1.807, 2.05) is 25.1 Å². The third-order valence-electron chi connectivity index (χ3n) is 1.13. The molecule has 50 valence electrons. The van der Waals surface area contributed by atoms with Crippen molar-refractivity contribution in [2.24, 2.45) is 0 Å². The van der Waals surface area contributed by atoms with Crippen LogP contribution in [0.5, 0.6) is 0 Å². The number of nitrogens with zero attached hydrogens (tertiary/aromatic N) is 1. The van der Waals surface area contributed by atoms with Gasteiger partial charge in [0, 0.05) is 20.5 Å². The van der Waals surface area contributed by atoms with Gasteiger partial charge in [-0.05, 0) is 6.08 Å². The highest BCUT2D eigenvalue weighted by Crippen LogP contribution is 2.04. The fraction of sp³-hybridized carbons (Fsp3) is 0.571. The highest BCUT2D eigenvalue weighted by molar-refractivity contribution is 4.95. The van der Waals surface area contributed by atoms with Crippen molar-refractivity contribution >= 4 is 0 Å². The molecule has 1 aliphatic heterocycles. The van der Waals surface area contributed by atoms with Gasteiger partial charge in [0.25, 0.3) is 0 Å². The Labute approximate surface area is 55.4 Å². The molecule has 0 amide bonds. The molecule has 0 N–H and O–H groups in total. The lowest BCUT2D eigenvalue weighted by Crippen LogP contribution is -2.14. The first kappa shape index (κ1) is 6.24. The molecule has 0 aromatic heterocycles. The van der Waals surface area contributed by atoms with E-state index in [0.717, 1.165) is 18.9 Å². The summed E-state index contributed by atoms with van der Waals surface area (Å²) in [6, 6.07) is 0. The third-order valence-corrected chi connectivity index (χ3v) is 1.13. The molecule has 0 aliphatic carbocycles. The fourth-order valence-corrected chi connectivity index (χ4v) is 0.674. The summed E-state index contributed by atoms with van der Waals surface area (Å²) < 4.78 is 5.24. The van der Waals surface area contributed by atoms with Gasteiger partial charge < -0.3 is 9.64 Å². The summed E-state index contributed by atoms with van der Waals surface area (Å²) in [7, 11) is 3.89. The maximum Gasteiger partial charge on any atom is 0.235 e. The second-order valence-corrected chi connectivity index (χ2v) is 2.19. The van der Waals surface area contributed by atoms with E-state index >= 15 is 0 Å². The Kier molecular flexibility index (Phi) is 1.81. The van der Waals surface area contributed by atoms with Crippen LogP contribution in [0, 0.1) is 0 Å². The molecule has 0 unspecified atom stereocenters. The molecule has 1 aliphatic rings. The Hall–Kier alpha value is -0.880. The molecule has 0 saturated heterocycles. The van der Waals surface area contributed by atoms with Crippen LogP contribution in [0.25, 0.3) is 0 Å². The van der Waals surface area contributed by atoms with Crippen LogP contribution in [-0.4, -0.2) is 25.6 Å². The van der Waals surface area contributed by atoms with E-state index < -0.39 is 0 Å². The van der Waals surface area contributed by atoms with Gasteiger partial charge in [0.1, 0.15) is 0 Å². The lowest BCUT2D eigenvalue weighted by Gasteiger charge is -2.16. The third kappa shape index (κ3) is 1.51. The number of hydrogen-bond acceptors (Lipinski definition) is 2. The van der Waals surface area contributed by atoms with Crippen molar-refractivity contribution < 1.29 is 4.74 Å². The Morgan fingerprint density at radius 1 is 1.67 bits per heavy atom. The monoisotopic (exact) mass is 125 g/mol. The summed E-state index contributed by atoms with van der Waals surface area (Å²) in [5, 5.41) is 0. The van der Waals surface area contributed by atoms with Crippen molar-refractivity contribution in [1.82, 2.24) is 4.90 Å². The van der Waals surface area contributed by atoms with Gasteiger partial charge in [0.05, 0.1) is 6.61 Å². The molecule has 0 radical (unpaired) electrons. The highest BCUT2D eigenvalue weighted by Gasteiger charge is 2.00. The largest absolute Gasteiger partial charge is 0.473 e. The number of ether oxygens (including phenoxy) is 1. The molecule has 2 heteroatoms. The molecule has 1 rings (SSSR count). The molecule has 0 bridgehead atoms. The van der Waals surface area contributed by atoms with Crippen LogP contribution in [0.3, 0.4) is 0 Å². The maximum atomic E-state index is 5.24. The predicted octanol–water partition coefficient (Wildman–Crippen LogP) is 0.965. The van der Waals surface area contributed by atoms with E-state index in [9.17, 15) is 0 Å². The van der Waals surface area contributed by atoms with Gasteiger partial charge in [-0.3, -0.25) is 0 Å². The van der Waals surface area contributed by atoms with E-state index in [2.05, 4.69) is 5.73 Å². The minimum absolute atomic E-state index is 0.792. The molecular weight excluding hydrogens is 114 g/mol. The molecule has 0 spiro atoms. The first-order valence-electron chi connectivity index (χ1n) is 3.06. The van der Waals surface area contributed by atoms with Crippen LogP contribution in [0.15, 0.2) is 17.7 Å². The summed E-state index contributed by atoms with van der Waals surface area (Å²) in [6.07, 6.45) is 2.98. The Morgan fingerprint density at radius 2 is 2.44 bits per heavy atom. The van der Waals surface area contributed by atoms with Crippen LogP contribution in [-0.2, 0) is 4.74 Å². The molecule has 0 aromatic carbocycles. The van der Waals surface area contributed by atoms with Crippen molar-refractivity contribution in [2.75, 3.05) is 20.7 Å². The highest BCUT2D eigenvalue weighted by atomic mass is 16.5. The molecular formula is C7H11NO. The first-order chi connectivity index (χ1) is 4.30. The summed E-state index contributed by atoms with van der Waals surface area (Å²) in [6.45, 7) is 0.792. The van der Waals surface area contributed by atoms with Gasteiger partial charge in [-0.1, -0.05) is 5.73 Å². The zero-order valence-electron chi connectivity index (χ0n) is 5.85. The first-order valence-corrected chi connectivity index (χ1v) is 3.06. The van der Waals surface area contributed by atoms with Gasteiger partial charge in [0.2, 0.25) is 5.88 Å². The molecule has 0 aromatic rings. The van der Waals surface area contributed by atoms with Gasteiger partial charge in [-0.25, -0.2) is 0 Å². The lowest BCUT2D eigenvalue weighted by atomic mass is 10.4. The van der Waals surface area contributed by atoms with Gasteiger partial charge in [-0.2, -0.15) is 0 Å². The Balaban J connectivity index is 2.66. The SMILES string of the molecule is CN(C)C1=C=CCCO1. The Bertz CT molecular complexity index is 154.